The number of sulfone groups is 1. The van der Waals surface area contributed by atoms with Gasteiger partial charge in [-0.2, -0.15) is 11.8 Å². The van der Waals surface area contributed by atoms with E-state index in [-0.39, 0.29) is 4.90 Å². The first kappa shape index (κ1) is 19.0. The standard InChI is InChI=1S/C20H22N4O2S2/c1-14-11-15(3-6-19(14)24-7-9-27-10-8-24)23-20-17-12-16(28(2,25)26)4-5-18(17)21-13-22-20/h3-6,11-13H,7-10H2,1-2H3,(H,21,22,23). The van der Waals surface area contributed by atoms with Crippen molar-refractivity contribution in [2.75, 3.05) is 41.1 Å². The number of thioether (sulfide) groups is 1. The van der Waals surface area contributed by atoms with Crippen molar-refractivity contribution >= 4 is 49.7 Å². The third kappa shape index (κ3) is 3.93. The van der Waals surface area contributed by atoms with Gasteiger partial charge in [0.05, 0.1) is 10.4 Å². The molecule has 0 unspecified atom stereocenters. The highest BCUT2D eigenvalue weighted by molar-refractivity contribution is 7.99. The summed E-state index contributed by atoms with van der Waals surface area (Å²) in [5, 5.41) is 4.01. The summed E-state index contributed by atoms with van der Waals surface area (Å²) in [6.07, 6.45) is 2.68. The van der Waals surface area contributed by atoms with E-state index in [4.69, 9.17) is 0 Å². The zero-order chi connectivity index (χ0) is 19.7. The van der Waals surface area contributed by atoms with Gasteiger partial charge in [-0.3, -0.25) is 0 Å². The highest BCUT2D eigenvalue weighted by Crippen LogP contribution is 2.29. The van der Waals surface area contributed by atoms with Gasteiger partial charge in [-0.1, -0.05) is 0 Å². The quantitative estimate of drug-likeness (QED) is 0.698. The minimum absolute atomic E-state index is 0.257. The predicted molar refractivity (Wildman–Crippen MR) is 117 cm³/mol. The number of fused-ring (bicyclic) bond motifs is 1. The number of nitrogens with zero attached hydrogens (tertiary/aromatic N) is 3. The molecule has 1 saturated heterocycles. The van der Waals surface area contributed by atoms with Crippen LogP contribution in [0.2, 0.25) is 0 Å². The molecule has 0 spiro atoms. The number of aromatic nitrogens is 2. The molecule has 1 aromatic heterocycles. The van der Waals surface area contributed by atoms with Crippen LogP contribution in [-0.2, 0) is 9.84 Å². The number of aryl methyl sites for hydroxylation is 1. The molecule has 6 nitrogen and oxygen atoms in total. The highest BCUT2D eigenvalue weighted by Gasteiger charge is 2.14. The number of benzene rings is 2. The lowest BCUT2D eigenvalue weighted by Crippen LogP contribution is -2.32. The van der Waals surface area contributed by atoms with E-state index >= 15 is 0 Å². The summed E-state index contributed by atoms with van der Waals surface area (Å²) in [7, 11) is -3.30. The lowest BCUT2D eigenvalue weighted by Gasteiger charge is -2.30. The first-order valence-corrected chi connectivity index (χ1v) is 12.1. The van der Waals surface area contributed by atoms with Crippen LogP contribution >= 0.6 is 11.8 Å². The van der Waals surface area contributed by atoms with E-state index in [0.717, 1.165) is 30.3 Å². The average molecular weight is 415 g/mol. The Hall–Kier alpha value is -2.32. The molecule has 0 bridgehead atoms. The van der Waals surface area contributed by atoms with Crippen LogP contribution < -0.4 is 10.2 Å². The van der Waals surface area contributed by atoms with Crippen molar-refractivity contribution in [1.82, 2.24) is 9.97 Å². The van der Waals surface area contributed by atoms with Gasteiger partial charge in [0.2, 0.25) is 0 Å². The topological polar surface area (TPSA) is 75.2 Å². The summed E-state index contributed by atoms with van der Waals surface area (Å²) < 4.78 is 23.8. The van der Waals surface area contributed by atoms with Crippen molar-refractivity contribution < 1.29 is 8.42 Å². The van der Waals surface area contributed by atoms with Gasteiger partial charge in [-0.15, -0.1) is 0 Å². The molecule has 2 aromatic carbocycles. The van der Waals surface area contributed by atoms with Gasteiger partial charge in [-0.25, -0.2) is 18.4 Å². The van der Waals surface area contributed by atoms with E-state index in [9.17, 15) is 8.42 Å². The van der Waals surface area contributed by atoms with Crippen LogP contribution in [0.4, 0.5) is 17.2 Å². The van der Waals surface area contributed by atoms with Crippen molar-refractivity contribution in [2.45, 2.75) is 11.8 Å². The number of hydrogen-bond donors (Lipinski definition) is 1. The normalized spacial score (nSPS) is 15.0. The number of hydrogen-bond acceptors (Lipinski definition) is 7. The monoisotopic (exact) mass is 414 g/mol. The molecule has 0 aliphatic carbocycles. The van der Waals surface area contributed by atoms with Crippen LogP contribution in [-0.4, -0.2) is 49.2 Å². The molecule has 4 rings (SSSR count). The molecule has 146 valence electrons. The summed E-state index contributed by atoms with van der Waals surface area (Å²) >= 11 is 2.00. The Bertz CT molecular complexity index is 1130. The van der Waals surface area contributed by atoms with Crippen LogP contribution in [0.5, 0.6) is 0 Å². The molecule has 0 amide bonds. The molecule has 1 aliphatic heterocycles. The van der Waals surface area contributed by atoms with Crippen LogP contribution in [0.1, 0.15) is 5.56 Å². The van der Waals surface area contributed by atoms with Crippen LogP contribution in [0.3, 0.4) is 0 Å². The lowest BCUT2D eigenvalue weighted by atomic mass is 10.1. The maximum atomic E-state index is 11.9. The molecular formula is C20H22N4O2S2. The first-order valence-electron chi connectivity index (χ1n) is 9.07. The summed E-state index contributed by atoms with van der Waals surface area (Å²) in [5.74, 6) is 2.92. The Morgan fingerprint density at radius 1 is 1.07 bits per heavy atom. The van der Waals surface area contributed by atoms with Crippen molar-refractivity contribution in [3.63, 3.8) is 0 Å². The third-order valence-electron chi connectivity index (χ3n) is 4.85. The largest absolute Gasteiger partial charge is 0.370 e. The maximum Gasteiger partial charge on any atom is 0.175 e. The minimum atomic E-state index is -3.30. The van der Waals surface area contributed by atoms with Crippen molar-refractivity contribution in [2.24, 2.45) is 0 Å². The van der Waals surface area contributed by atoms with Crippen molar-refractivity contribution in [1.29, 1.82) is 0 Å². The fourth-order valence-electron chi connectivity index (χ4n) is 3.39. The second-order valence-corrected chi connectivity index (χ2v) is 10.1. The Kier molecular flexibility index (Phi) is 5.16. The fourth-order valence-corrected chi connectivity index (χ4v) is 4.95. The molecule has 0 saturated carbocycles. The first-order chi connectivity index (χ1) is 13.4. The highest BCUT2D eigenvalue weighted by atomic mass is 32.2. The second-order valence-electron chi connectivity index (χ2n) is 6.90. The summed E-state index contributed by atoms with van der Waals surface area (Å²) in [6.45, 7) is 4.26. The molecule has 3 aromatic rings. The molecule has 0 atom stereocenters. The Balaban J connectivity index is 1.67. The van der Waals surface area contributed by atoms with Gasteiger partial charge in [-0.05, 0) is 48.9 Å². The average Bonchev–Trinajstić information content (AvgIpc) is 2.68. The summed E-state index contributed by atoms with van der Waals surface area (Å²) in [5.41, 5.74) is 4.08. The van der Waals surface area contributed by atoms with Gasteiger partial charge in [0.15, 0.2) is 9.84 Å². The molecule has 1 aliphatic rings. The van der Waals surface area contributed by atoms with Crippen molar-refractivity contribution in [3.05, 3.63) is 48.3 Å². The minimum Gasteiger partial charge on any atom is -0.370 e. The van der Waals surface area contributed by atoms with E-state index in [2.05, 4.69) is 39.2 Å². The van der Waals surface area contributed by atoms with Gasteiger partial charge >= 0.3 is 0 Å². The van der Waals surface area contributed by atoms with Gasteiger partial charge in [0.1, 0.15) is 12.1 Å². The molecule has 1 fully saturated rings. The van der Waals surface area contributed by atoms with Crippen LogP contribution in [0.15, 0.2) is 47.6 Å². The molecule has 0 radical (unpaired) electrons. The Morgan fingerprint density at radius 2 is 1.86 bits per heavy atom. The van der Waals surface area contributed by atoms with E-state index < -0.39 is 9.84 Å². The summed E-state index contributed by atoms with van der Waals surface area (Å²) in [6, 6.07) is 11.2. The molecule has 1 N–H and O–H groups in total. The van der Waals surface area contributed by atoms with E-state index in [1.165, 1.54) is 23.8 Å². The van der Waals surface area contributed by atoms with Crippen LogP contribution in [0, 0.1) is 6.92 Å². The van der Waals surface area contributed by atoms with Gasteiger partial charge < -0.3 is 10.2 Å². The number of rotatable bonds is 4. The SMILES string of the molecule is Cc1cc(Nc2ncnc3ccc(S(C)(=O)=O)cc23)ccc1N1CCSCC1. The molecule has 8 heteroatoms. The summed E-state index contributed by atoms with van der Waals surface area (Å²) in [4.78, 5) is 11.3. The van der Waals surface area contributed by atoms with E-state index in [1.54, 1.807) is 18.2 Å². The van der Waals surface area contributed by atoms with E-state index in [1.807, 2.05) is 17.8 Å². The maximum absolute atomic E-state index is 11.9. The number of anilines is 3. The fraction of sp³-hybridized carbons (Fsp3) is 0.300. The number of nitrogens with one attached hydrogen (secondary N) is 1. The van der Waals surface area contributed by atoms with E-state index in [0.29, 0.717) is 16.7 Å². The van der Waals surface area contributed by atoms with Gasteiger partial charge in [0.25, 0.3) is 0 Å². The molecular weight excluding hydrogens is 392 g/mol. The second kappa shape index (κ2) is 7.60. The van der Waals surface area contributed by atoms with Crippen LogP contribution in [0.25, 0.3) is 10.9 Å². The Morgan fingerprint density at radius 3 is 2.57 bits per heavy atom. The van der Waals surface area contributed by atoms with Crippen molar-refractivity contribution in [3.8, 4) is 0 Å². The van der Waals surface area contributed by atoms with Gasteiger partial charge in [0, 0.05) is 47.6 Å². The Labute approximate surface area is 169 Å². The lowest BCUT2D eigenvalue weighted by molar-refractivity contribution is 0.602. The smallest absolute Gasteiger partial charge is 0.175 e. The molecule has 28 heavy (non-hydrogen) atoms. The zero-order valence-corrected chi connectivity index (χ0v) is 17.5. The zero-order valence-electron chi connectivity index (χ0n) is 15.8. The predicted octanol–water partition coefficient (Wildman–Crippen LogP) is 3.64. The third-order valence-corrected chi connectivity index (χ3v) is 6.90. The molecule has 2 heterocycles.